The van der Waals surface area contributed by atoms with E-state index in [-0.39, 0.29) is 5.76 Å². The molecule has 0 aliphatic heterocycles. The number of carbonyl (C=O) groups excluding carboxylic acids is 1. The van der Waals surface area contributed by atoms with Gasteiger partial charge in [-0.25, -0.2) is 0 Å². The lowest BCUT2D eigenvalue weighted by molar-refractivity contribution is -0.107. The minimum absolute atomic E-state index is 0.322. The molecular formula is C9H16O3. The van der Waals surface area contributed by atoms with Crippen LogP contribution in [-0.4, -0.2) is 22.6 Å². The minimum Gasteiger partial charge on any atom is -0.505 e. The molecule has 0 radical (unpaired) electrons. The fraction of sp³-hybridized carbons (Fsp3) is 0.667. The van der Waals surface area contributed by atoms with Crippen LogP contribution in [0.1, 0.15) is 32.6 Å². The average molecular weight is 172 g/mol. The summed E-state index contributed by atoms with van der Waals surface area (Å²) in [5.74, 6) is -0.390. The molecule has 0 rings (SSSR count). The van der Waals surface area contributed by atoms with Gasteiger partial charge in [-0.2, -0.15) is 0 Å². The molecule has 0 aromatic rings. The Hall–Kier alpha value is -0.830. The van der Waals surface area contributed by atoms with Crippen LogP contribution in [0.4, 0.5) is 0 Å². The van der Waals surface area contributed by atoms with Crippen LogP contribution in [0.5, 0.6) is 0 Å². The SMILES string of the molecule is CCCCCC(O)/C=C(/O)C=O. The molecule has 1 unspecified atom stereocenters. The number of carbonyl (C=O) groups is 1. The first-order valence-corrected chi connectivity index (χ1v) is 4.24. The Balaban J connectivity index is 3.58. The molecule has 3 heteroatoms. The summed E-state index contributed by atoms with van der Waals surface area (Å²) in [5, 5.41) is 17.9. The number of aliphatic hydroxyl groups excluding tert-OH is 2. The smallest absolute Gasteiger partial charge is 0.184 e. The highest BCUT2D eigenvalue weighted by atomic mass is 16.3. The molecule has 2 N–H and O–H groups in total. The van der Waals surface area contributed by atoms with E-state index in [4.69, 9.17) is 5.11 Å². The zero-order chi connectivity index (χ0) is 9.40. The highest BCUT2D eigenvalue weighted by Gasteiger charge is 2.00. The zero-order valence-corrected chi connectivity index (χ0v) is 7.36. The fourth-order valence-corrected chi connectivity index (χ4v) is 0.923. The summed E-state index contributed by atoms with van der Waals surface area (Å²) in [6.07, 6.45) is 4.47. The van der Waals surface area contributed by atoms with Crippen LogP contribution < -0.4 is 0 Å². The van der Waals surface area contributed by atoms with Crippen molar-refractivity contribution in [1.82, 2.24) is 0 Å². The second-order valence-corrected chi connectivity index (χ2v) is 2.77. The molecule has 0 amide bonds. The predicted molar refractivity (Wildman–Crippen MR) is 46.9 cm³/mol. The van der Waals surface area contributed by atoms with Gasteiger partial charge < -0.3 is 10.2 Å². The van der Waals surface area contributed by atoms with Crippen molar-refractivity contribution in [3.63, 3.8) is 0 Å². The van der Waals surface area contributed by atoms with Gasteiger partial charge in [-0.15, -0.1) is 0 Å². The summed E-state index contributed by atoms with van der Waals surface area (Å²) in [6.45, 7) is 2.07. The van der Waals surface area contributed by atoms with Crippen molar-refractivity contribution >= 4 is 6.29 Å². The molecule has 0 aromatic heterocycles. The Kier molecular flexibility index (Phi) is 6.38. The van der Waals surface area contributed by atoms with E-state index in [9.17, 15) is 9.90 Å². The lowest BCUT2D eigenvalue weighted by atomic mass is 10.1. The summed E-state index contributed by atoms with van der Waals surface area (Å²) >= 11 is 0. The summed E-state index contributed by atoms with van der Waals surface area (Å²) in [7, 11) is 0. The summed E-state index contributed by atoms with van der Waals surface area (Å²) < 4.78 is 0. The normalized spacial score (nSPS) is 14.3. The molecule has 0 aliphatic rings. The minimum atomic E-state index is -0.693. The first kappa shape index (κ1) is 11.2. The first-order chi connectivity index (χ1) is 5.70. The van der Waals surface area contributed by atoms with E-state index in [0.29, 0.717) is 12.7 Å². The number of aliphatic hydroxyl groups is 2. The molecule has 70 valence electrons. The number of allylic oxidation sites excluding steroid dienone is 1. The Bertz CT molecular complexity index is 152. The van der Waals surface area contributed by atoms with Gasteiger partial charge in [0.1, 0.15) is 0 Å². The first-order valence-electron chi connectivity index (χ1n) is 4.24. The van der Waals surface area contributed by atoms with E-state index in [1.807, 2.05) is 0 Å². The monoisotopic (exact) mass is 172 g/mol. The molecule has 0 heterocycles. The van der Waals surface area contributed by atoms with Gasteiger partial charge in [0.25, 0.3) is 0 Å². The highest BCUT2D eigenvalue weighted by molar-refractivity contribution is 5.69. The summed E-state index contributed by atoms with van der Waals surface area (Å²) in [4.78, 5) is 9.94. The highest BCUT2D eigenvalue weighted by Crippen LogP contribution is 2.04. The molecule has 0 bridgehead atoms. The standard InChI is InChI=1S/C9H16O3/c1-2-3-4-5-8(11)6-9(12)7-10/h6-8,11-12H,2-5H2,1H3/b9-6+. The van der Waals surface area contributed by atoms with Gasteiger partial charge in [0, 0.05) is 0 Å². The van der Waals surface area contributed by atoms with Crippen molar-refractivity contribution in [1.29, 1.82) is 0 Å². The fourth-order valence-electron chi connectivity index (χ4n) is 0.923. The van der Waals surface area contributed by atoms with Gasteiger partial charge >= 0.3 is 0 Å². The Morgan fingerprint density at radius 1 is 1.50 bits per heavy atom. The lowest BCUT2D eigenvalue weighted by Gasteiger charge is -2.03. The maximum atomic E-state index is 9.94. The van der Waals surface area contributed by atoms with Crippen molar-refractivity contribution in [2.24, 2.45) is 0 Å². The second kappa shape index (κ2) is 6.85. The topological polar surface area (TPSA) is 57.5 Å². The molecule has 1 atom stereocenters. The third kappa shape index (κ3) is 5.92. The Labute approximate surface area is 72.7 Å². The van der Waals surface area contributed by atoms with Gasteiger partial charge in [-0.1, -0.05) is 26.2 Å². The van der Waals surface area contributed by atoms with Crippen molar-refractivity contribution in [3.8, 4) is 0 Å². The molecule has 12 heavy (non-hydrogen) atoms. The van der Waals surface area contributed by atoms with Crippen LogP contribution in [0, 0.1) is 0 Å². The van der Waals surface area contributed by atoms with Crippen molar-refractivity contribution in [2.75, 3.05) is 0 Å². The van der Waals surface area contributed by atoms with Gasteiger partial charge in [-0.05, 0) is 12.5 Å². The van der Waals surface area contributed by atoms with E-state index >= 15 is 0 Å². The van der Waals surface area contributed by atoms with Gasteiger partial charge in [0.2, 0.25) is 0 Å². The number of unbranched alkanes of at least 4 members (excludes halogenated alkanes) is 2. The number of rotatable bonds is 6. The molecule has 0 saturated carbocycles. The van der Waals surface area contributed by atoms with Gasteiger partial charge in [-0.3, -0.25) is 4.79 Å². The van der Waals surface area contributed by atoms with Crippen LogP contribution in [0.2, 0.25) is 0 Å². The van der Waals surface area contributed by atoms with E-state index < -0.39 is 6.10 Å². The molecule has 0 aromatic carbocycles. The third-order valence-corrected chi connectivity index (χ3v) is 1.59. The molecular weight excluding hydrogens is 156 g/mol. The van der Waals surface area contributed by atoms with Crippen LogP contribution in [-0.2, 0) is 4.79 Å². The quantitative estimate of drug-likeness (QED) is 0.277. The average Bonchev–Trinajstić information content (AvgIpc) is 2.05. The van der Waals surface area contributed by atoms with E-state index in [0.717, 1.165) is 19.3 Å². The summed E-state index contributed by atoms with van der Waals surface area (Å²) in [6, 6.07) is 0. The Morgan fingerprint density at radius 2 is 2.17 bits per heavy atom. The van der Waals surface area contributed by atoms with Crippen LogP contribution in [0.15, 0.2) is 11.8 Å². The van der Waals surface area contributed by atoms with E-state index in [1.165, 1.54) is 6.08 Å². The Morgan fingerprint density at radius 3 is 2.67 bits per heavy atom. The predicted octanol–water partition coefficient (Wildman–Crippen LogP) is 1.57. The van der Waals surface area contributed by atoms with Crippen LogP contribution in [0.25, 0.3) is 0 Å². The maximum absolute atomic E-state index is 9.94. The molecule has 0 saturated heterocycles. The van der Waals surface area contributed by atoms with Crippen molar-refractivity contribution in [2.45, 2.75) is 38.7 Å². The van der Waals surface area contributed by atoms with Gasteiger partial charge in [0.15, 0.2) is 12.0 Å². The number of hydrogen-bond acceptors (Lipinski definition) is 3. The lowest BCUT2D eigenvalue weighted by Crippen LogP contribution is -2.03. The van der Waals surface area contributed by atoms with E-state index in [1.54, 1.807) is 0 Å². The third-order valence-electron chi connectivity index (χ3n) is 1.59. The number of aldehydes is 1. The molecule has 0 fully saturated rings. The van der Waals surface area contributed by atoms with E-state index in [2.05, 4.69) is 6.92 Å². The molecule has 3 nitrogen and oxygen atoms in total. The number of hydrogen-bond donors (Lipinski definition) is 2. The maximum Gasteiger partial charge on any atom is 0.184 e. The molecule has 0 spiro atoms. The van der Waals surface area contributed by atoms with Gasteiger partial charge in [0.05, 0.1) is 6.10 Å². The molecule has 0 aliphatic carbocycles. The van der Waals surface area contributed by atoms with Crippen LogP contribution >= 0.6 is 0 Å². The van der Waals surface area contributed by atoms with Crippen LogP contribution in [0.3, 0.4) is 0 Å². The summed E-state index contributed by atoms with van der Waals surface area (Å²) in [5.41, 5.74) is 0. The van der Waals surface area contributed by atoms with Crippen molar-refractivity contribution < 1.29 is 15.0 Å². The zero-order valence-electron chi connectivity index (χ0n) is 7.36. The second-order valence-electron chi connectivity index (χ2n) is 2.77. The largest absolute Gasteiger partial charge is 0.505 e. The van der Waals surface area contributed by atoms with Crippen molar-refractivity contribution in [3.05, 3.63) is 11.8 Å².